The fraction of sp³-hybridized carbons (Fsp3) is 0.458. The maximum Gasteiger partial charge on any atom is 0.162 e. The molecular weight excluding hydrogens is 847 g/mol. The molecule has 6 rings (SSSR count). The minimum Gasteiger partial charge on any atom is -0.512 e. The van der Waals surface area contributed by atoms with E-state index >= 15 is 0 Å². The molecule has 53 heavy (non-hydrogen) atoms. The van der Waals surface area contributed by atoms with Crippen LogP contribution in [0.2, 0.25) is 0 Å². The summed E-state index contributed by atoms with van der Waals surface area (Å²) in [5.74, 6) is 1.20. The van der Waals surface area contributed by atoms with Gasteiger partial charge in [-0.15, -0.1) is 34.4 Å². The van der Waals surface area contributed by atoms with Gasteiger partial charge in [-0.1, -0.05) is 110 Å². The van der Waals surface area contributed by atoms with Crippen molar-refractivity contribution in [1.82, 2.24) is 0 Å². The van der Waals surface area contributed by atoms with E-state index in [4.69, 9.17) is 0 Å². The van der Waals surface area contributed by atoms with Crippen LogP contribution in [0.1, 0.15) is 136 Å². The molecule has 1 N–H and O–H groups in total. The zero-order chi connectivity index (χ0) is 38.0. The maximum absolute atomic E-state index is 11.7. The van der Waals surface area contributed by atoms with Gasteiger partial charge in [0.25, 0.3) is 0 Å². The Morgan fingerprint density at radius 2 is 1.45 bits per heavy atom. The van der Waals surface area contributed by atoms with E-state index in [1.54, 1.807) is 5.56 Å². The number of benzene rings is 3. The molecule has 0 aliphatic heterocycles. The van der Waals surface area contributed by atoms with E-state index in [-0.39, 0.29) is 48.9 Å². The number of carbonyl (C=O) groups is 1. The van der Waals surface area contributed by atoms with Crippen LogP contribution in [0.5, 0.6) is 0 Å². The molecule has 1 saturated carbocycles. The van der Waals surface area contributed by atoms with Crippen molar-refractivity contribution in [2.45, 2.75) is 125 Å². The van der Waals surface area contributed by atoms with Gasteiger partial charge < -0.3 is 9.67 Å². The molecule has 287 valence electrons. The molecule has 2 heterocycles. The summed E-state index contributed by atoms with van der Waals surface area (Å²) in [7, 11) is 4.45. The van der Waals surface area contributed by atoms with E-state index in [9.17, 15) is 9.90 Å². The second-order valence-corrected chi connectivity index (χ2v) is 17.9. The second kappa shape index (κ2) is 17.6. The van der Waals surface area contributed by atoms with Crippen molar-refractivity contribution in [3.8, 4) is 11.3 Å². The van der Waals surface area contributed by atoms with E-state index in [0.29, 0.717) is 11.3 Å². The van der Waals surface area contributed by atoms with E-state index in [1.165, 1.54) is 79.5 Å². The van der Waals surface area contributed by atoms with Crippen LogP contribution in [0.15, 0.2) is 72.6 Å². The van der Waals surface area contributed by atoms with Gasteiger partial charge in [0, 0.05) is 54.5 Å². The number of hydrogen-bond acceptors (Lipinski definition) is 3. The molecule has 0 amide bonds. The number of aliphatic hydroxyl groups excluding tert-OH is 1. The van der Waals surface area contributed by atoms with Gasteiger partial charge in [-0.25, -0.2) is 0 Å². The molecule has 0 spiro atoms. The van der Waals surface area contributed by atoms with E-state index in [0.717, 1.165) is 31.2 Å². The minimum absolute atomic E-state index is 0. The van der Waals surface area contributed by atoms with Crippen LogP contribution in [0, 0.1) is 31.2 Å². The number of fused-ring (bicyclic) bond motifs is 4. The average molecular weight is 909 g/mol. The second-order valence-electron chi connectivity index (χ2n) is 16.9. The molecule has 1 radical (unpaired) electrons. The molecule has 5 heteroatoms. The van der Waals surface area contributed by atoms with Crippen LogP contribution in [0.25, 0.3) is 42.2 Å². The Hall–Kier alpha value is -3.11. The Kier molecular flexibility index (Phi) is 14.1. The fourth-order valence-corrected chi connectivity index (χ4v) is 9.68. The first-order valence-electron chi connectivity index (χ1n) is 19.7. The van der Waals surface area contributed by atoms with Crippen LogP contribution in [-0.4, -0.2) is 10.9 Å². The zero-order valence-electron chi connectivity index (χ0n) is 33.7. The average Bonchev–Trinajstić information content (AvgIpc) is 3.49. The molecule has 2 aromatic heterocycles. The van der Waals surface area contributed by atoms with Crippen LogP contribution < -0.4 is 4.57 Å². The topological polar surface area (TPSA) is 41.2 Å². The summed E-state index contributed by atoms with van der Waals surface area (Å²) in [5, 5.41) is 15.0. The van der Waals surface area contributed by atoms with Crippen LogP contribution in [-0.2, 0) is 30.3 Å². The summed E-state index contributed by atoms with van der Waals surface area (Å²) in [6.07, 6.45) is 12.2. The molecular formula is C48H62IrNO2S-. The summed E-state index contributed by atoms with van der Waals surface area (Å²) in [6, 6.07) is 20.3. The molecule has 1 fully saturated rings. The van der Waals surface area contributed by atoms with E-state index in [2.05, 4.69) is 114 Å². The normalized spacial score (nSPS) is 15.2. The fourth-order valence-electron chi connectivity index (χ4n) is 8.23. The Morgan fingerprint density at radius 3 is 2.04 bits per heavy atom. The third-order valence-electron chi connectivity index (χ3n) is 11.8. The van der Waals surface area contributed by atoms with Gasteiger partial charge in [0.2, 0.25) is 0 Å². The standard InChI is InChI=1S/C35H38NS.C13H24O2.Ir/c1-22-24-11-8-9-12-26(24)30(34(2,3)4)21-29(22)31-33-28(17-20-36(31)7)27-14-10-13-25(32(27)37-33)23-15-18-35(5,6)19-16-23;1-5-10(6-2)12(14)9-13(15)11(7-3)8-4;/h8-14,17,20-21,23H,1,7,15-16,18-19H2,2-6H3;9-11,14H,5-8H2,1-4H3;/q-1;;/b;12-9-;. The minimum atomic E-state index is 0. The number of nitrogens with zero attached hydrogens (tertiary/aromatic N) is 1. The van der Waals surface area contributed by atoms with Crippen molar-refractivity contribution in [1.29, 1.82) is 0 Å². The molecule has 5 aromatic rings. The number of pyridine rings is 1. The molecule has 0 bridgehead atoms. The van der Waals surface area contributed by atoms with Gasteiger partial charge in [-0.05, 0) is 90.5 Å². The van der Waals surface area contributed by atoms with Crippen molar-refractivity contribution < 1.29 is 34.6 Å². The van der Waals surface area contributed by atoms with Gasteiger partial charge in [0.1, 0.15) is 0 Å². The maximum atomic E-state index is 11.7. The van der Waals surface area contributed by atoms with Gasteiger partial charge in [0.05, 0.1) is 17.6 Å². The Morgan fingerprint density at radius 1 is 0.887 bits per heavy atom. The summed E-state index contributed by atoms with van der Waals surface area (Å²) in [5.41, 5.74) is 6.84. The van der Waals surface area contributed by atoms with E-state index in [1.807, 2.05) is 39.0 Å². The number of ketones is 1. The first-order chi connectivity index (χ1) is 24.6. The molecule has 3 aromatic carbocycles. The monoisotopic (exact) mass is 909 g/mol. The van der Waals surface area contributed by atoms with Crippen molar-refractivity contribution in [2.24, 2.45) is 17.3 Å². The summed E-state index contributed by atoms with van der Waals surface area (Å²) < 4.78 is 4.83. The number of hydrogen-bond donors (Lipinski definition) is 1. The number of allylic oxidation sites excluding steroid dienone is 2. The number of carbonyl (C=O) groups excluding carboxylic acids is 1. The summed E-state index contributed by atoms with van der Waals surface area (Å²) in [6.45, 7) is 24.4. The first kappa shape index (κ1) is 42.6. The van der Waals surface area contributed by atoms with Crippen LogP contribution in [0.4, 0.5) is 0 Å². The van der Waals surface area contributed by atoms with Crippen LogP contribution in [0.3, 0.4) is 0 Å². The predicted octanol–water partition coefficient (Wildman–Crippen LogP) is 13.8. The van der Waals surface area contributed by atoms with Crippen LogP contribution >= 0.6 is 11.3 Å². The number of thiophene rings is 1. The SMILES string of the molecule is CCC(CC)C(=O)/C=C(\O)C(CC)CC.[CH2-]c1c(-c2c3sc4c(C5CCC(C)(C)CC5)cccc4c3cc[n+]2[CH2-])cc(C(C)(C)C)c2ccccc12.[Ir]. The molecule has 0 atom stereocenters. The van der Waals surface area contributed by atoms with E-state index < -0.39 is 0 Å². The quantitative estimate of drug-likeness (QED) is 0.0693. The smallest absolute Gasteiger partial charge is 0.162 e. The third-order valence-corrected chi connectivity index (χ3v) is 13.1. The van der Waals surface area contributed by atoms with Crippen molar-refractivity contribution >= 4 is 48.1 Å². The third kappa shape index (κ3) is 9.07. The molecule has 1 aliphatic carbocycles. The number of rotatable bonds is 9. The summed E-state index contributed by atoms with van der Waals surface area (Å²) >= 11 is 1.96. The van der Waals surface area contributed by atoms with Crippen molar-refractivity contribution in [3.05, 3.63) is 103 Å². The van der Waals surface area contributed by atoms with Gasteiger partial charge >= 0.3 is 0 Å². The zero-order valence-corrected chi connectivity index (χ0v) is 36.9. The Bertz CT molecular complexity index is 2060. The summed E-state index contributed by atoms with van der Waals surface area (Å²) in [4.78, 5) is 11.7. The predicted molar refractivity (Wildman–Crippen MR) is 225 cm³/mol. The largest absolute Gasteiger partial charge is 0.512 e. The molecule has 3 nitrogen and oxygen atoms in total. The number of aliphatic hydroxyl groups is 1. The Labute approximate surface area is 337 Å². The van der Waals surface area contributed by atoms with Crippen molar-refractivity contribution in [2.75, 3.05) is 0 Å². The Balaban J connectivity index is 0.000000335. The van der Waals surface area contributed by atoms with Gasteiger partial charge in [0.15, 0.2) is 5.78 Å². The van der Waals surface area contributed by atoms with Crippen molar-refractivity contribution in [3.63, 3.8) is 0 Å². The first-order valence-corrected chi connectivity index (χ1v) is 20.5. The molecule has 0 saturated heterocycles. The van der Waals surface area contributed by atoms with Gasteiger partial charge in [-0.3, -0.25) is 4.79 Å². The molecule has 0 unspecified atom stereocenters. The molecule has 1 aliphatic rings. The number of aromatic nitrogens is 1. The van der Waals surface area contributed by atoms with Gasteiger partial charge in [-0.2, -0.15) is 12.5 Å².